The number of amides is 7. The van der Waals surface area contributed by atoms with Crippen molar-refractivity contribution in [2.24, 2.45) is 27.9 Å². The van der Waals surface area contributed by atoms with Crippen LogP contribution in [0.25, 0.3) is 0 Å². The number of likely N-dealkylation sites (tertiary alicyclic amines) is 1. The summed E-state index contributed by atoms with van der Waals surface area (Å²) in [6.45, 7) is 0.892. The van der Waals surface area contributed by atoms with Crippen molar-refractivity contribution in [2.45, 2.75) is 75.7 Å². The van der Waals surface area contributed by atoms with Gasteiger partial charge in [0, 0.05) is 38.3 Å². The van der Waals surface area contributed by atoms with Crippen LogP contribution < -0.4 is 44.2 Å². The molecule has 0 unspecified atom stereocenters. The first-order valence-electron chi connectivity index (χ1n) is 14.4. The lowest BCUT2D eigenvalue weighted by atomic mass is 10.1. The van der Waals surface area contributed by atoms with Crippen molar-refractivity contribution in [3.05, 3.63) is 18.2 Å². The van der Waals surface area contributed by atoms with E-state index < -0.39 is 78.7 Å². The molecule has 5 atom stereocenters. The summed E-state index contributed by atoms with van der Waals surface area (Å²) in [6.07, 6.45) is 3.22. The SMILES string of the molecule is CC(=O)N1CCC[C@H]1C(=O)N[C@@H](Cc1cnc[nH]1)C(=O)N[C@@H](CO)C(=O)N[C@@H](CCCN=C(N)N)C(=O)N[C@@H](CC(N)=O)C(N)=O. The Morgan fingerprint density at radius 3 is 2.17 bits per heavy atom. The topological polar surface area (TPSA) is 336 Å². The van der Waals surface area contributed by atoms with E-state index in [1.807, 2.05) is 0 Å². The number of imidazole rings is 1. The number of H-pyrrole nitrogens is 1. The Hall–Kier alpha value is -5.27. The first-order valence-corrected chi connectivity index (χ1v) is 14.4. The lowest BCUT2D eigenvalue weighted by Gasteiger charge is -2.27. The number of nitrogens with zero attached hydrogens (tertiary/aromatic N) is 3. The molecule has 0 saturated carbocycles. The number of hydrogen-bond donors (Lipinski definition) is 10. The zero-order valence-electron chi connectivity index (χ0n) is 25.4. The Labute approximate surface area is 263 Å². The third kappa shape index (κ3) is 11.7. The van der Waals surface area contributed by atoms with E-state index in [-0.39, 0.29) is 37.7 Å². The van der Waals surface area contributed by atoms with Gasteiger partial charge < -0.3 is 59.2 Å². The van der Waals surface area contributed by atoms with Gasteiger partial charge in [-0.1, -0.05) is 0 Å². The fourth-order valence-electron chi connectivity index (χ4n) is 4.72. The van der Waals surface area contributed by atoms with Gasteiger partial charge in [0.05, 0.1) is 19.4 Å². The van der Waals surface area contributed by atoms with Crippen LogP contribution >= 0.6 is 0 Å². The molecule has 20 heteroatoms. The van der Waals surface area contributed by atoms with Crippen LogP contribution in [-0.2, 0) is 40.0 Å². The minimum absolute atomic E-state index is 0.0692. The highest BCUT2D eigenvalue weighted by Gasteiger charge is 2.36. The number of carbonyl (C=O) groups is 7. The minimum atomic E-state index is -1.60. The van der Waals surface area contributed by atoms with Gasteiger partial charge in [0.25, 0.3) is 0 Å². The zero-order chi connectivity index (χ0) is 34.4. The highest BCUT2D eigenvalue weighted by Crippen LogP contribution is 2.18. The van der Waals surface area contributed by atoms with Crippen LogP contribution in [-0.4, -0.2) is 117 Å². The molecule has 0 bridgehead atoms. The van der Waals surface area contributed by atoms with E-state index in [1.54, 1.807) is 0 Å². The summed E-state index contributed by atoms with van der Waals surface area (Å²) in [5.41, 5.74) is 21.5. The number of aliphatic imine (C=N–C) groups is 1. The molecule has 1 saturated heterocycles. The molecule has 14 N–H and O–H groups in total. The average Bonchev–Trinajstić information content (AvgIpc) is 3.68. The molecule has 1 aliphatic rings. The molecule has 1 aliphatic heterocycles. The molecule has 46 heavy (non-hydrogen) atoms. The third-order valence-electron chi connectivity index (χ3n) is 7.03. The van der Waals surface area contributed by atoms with Crippen LogP contribution in [0, 0.1) is 0 Å². The van der Waals surface area contributed by atoms with Gasteiger partial charge in [-0.3, -0.25) is 38.6 Å². The van der Waals surface area contributed by atoms with Crippen molar-refractivity contribution in [3.8, 4) is 0 Å². The molecule has 0 radical (unpaired) electrons. The summed E-state index contributed by atoms with van der Waals surface area (Å²) in [7, 11) is 0. The fourth-order valence-corrected chi connectivity index (χ4v) is 4.72. The van der Waals surface area contributed by atoms with E-state index in [1.165, 1.54) is 24.3 Å². The molecule has 1 aromatic rings. The first kappa shape index (κ1) is 36.9. The minimum Gasteiger partial charge on any atom is -0.394 e. The van der Waals surface area contributed by atoms with Crippen molar-refractivity contribution in [2.75, 3.05) is 19.7 Å². The molecule has 254 valence electrons. The van der Waals surface area contributed by atoms with Gasteiger partial charge >= 0.3 is 0 Å². The number of aliphatic hydroxyl groups excluding tert-OH is 1. The van der Waals surface area contributed by atoms with E-state index in [0.717, 1.165) is 0 Å². The van der Waals surface area contributed by atoms with Crippen molar-refractivity contribution >= 4 is 47.3 Å². The second kappa shape index (κ2) is 17.9. The first-order chi connectivity index (χ1) is 21.7. The van der Waals surface area contributed by atoms with E-state index in [4.69, 9.17) is 22.9 Å². The second-order valence-electron chi connectivity index (χ2n) is 10.6. The lowest BCUT2D eigenvalue weighted by molar-refractivity contribution is -0.138. The Morgan fingerprint density at radius 2 is 1.61 bits per heavy atom. The largest absolute Gasteiger partial charge is 0.394 e. The fraction of sp³-hybridized carbons (Fsp3) is 0.577. The number of aromatic nitrogens is 2. The molecule has 0 aliphatic carbocycles. The van der Waals surface area contributed by atoms with Gasteiger partial charge in [0.2, 0.25) is 41.4 Å². The zero-order valence-corrected chi connectivity index (χ0v) is 25.4. The predicted octanol–water partition coefficient (Wildman–Crippen LogP) is -5.69. The molecule has 1 aromatic heterocycles. The van der Waals surface area contributed by atoms with Crippen molar-refractivity contribution in [1.29, 1.82) is 0 Å². The van der Waals surface area contributed by atoms with Gasteiger partial charge in [-0.25, -0.2) is 4.98 Å². The Balaban J connectivity index is 2.20. The number of nitrogens with two attached hydrogens (primary N) is 4. The van der Waals surface area contributed by atoms with Gasteiger partial charge in [-0.05, 0) is 25.7 Å². The summed E-state index contributed by atoms with van der Waals surface area (Å²) < 4.78 is 0. The summed E-state index contributed by atoms with van der Waals surface area (Å²) in [4.78, 5) is 99.7. The monoisotopic (exact) mass is 650 g/mol. The van der Waals surface area contributed by atoms with Gasteiger partial charge in [-0.15, -0.1) is 0 Å². The normalized spacial score (nSPS) is 16.7. The molecular formula is C26H42N12O8. The maximum absolute atomic E-state index is 13.4. The van der Waals surface area contributed by atoms with E-state index in [0.29, 0.717) is 25.1 Å². The third-order valence-corrected chi connectivity index (χ3v) is 7.03. The van der Waals surface area contributed by atoms with Crippen molar-refractivity contribution in [1.82, 2.24) is 36.1 Å². The smallest absolute Gasteiger partial charge is 0.245 e. The number of rotatable bonds is 18. The number of guanidine groups is 1. The summed E-state index contributed by atoms with van der Waals surface area (Å²) in [5, 5.41) is 19.6. The average molecular weight is 651 g/mol. The second-order valence-corrected chi connectivity index (χ2v) is 10.6. The standard InChI is InChI=1S/C26H42N12O8/c1-13(40)38-7-3-5-19(38)25(46)36-17(8-14-10-31-12-33-14)23(44)37-18(11-39)24(45)34-15(4-2-6-32-26(29)30)22(43)35-16(21(28)42)9-20(27)41/h10,12,15-19,39H,2-9,11H2,1H3,(H2,27,41)(H2,28,42)(H,31,33)(H,34,45)(H,35,43)(H,36,46)(H,37,44)(H4,29,30,32)/t15-,16-,17-,18-,19-/m0/s1. The van der Waals surface area contributed by atoms with Crippen LogP contribution in [0.4, 0.5) is 0 Å². The molecular weight excluding hydrogens is 608 g/mol. The number of primary amides is 2. The number of nitrogens with one attached hydrogen (secondary N) is 5. The van der Waals surface area contributed by atoms with Crippen LogP contribution in [0.3, 0.4) is 0 Å². The molecule has 2 rings (SSSR count). The van der Waals surface area contributed by atoms with Crippen LogP contribution in [0.5, 0.6) is 0 Å². The molecule has 2 heterocycles. The van der Waals surface area contributed by atoms with Crippen LogP contribution in [0.2, 0.25) is 0 Å². The van der Waals surface area contributed by atoms with Gasteiger partial charge in [0.1, 0.15) is 30.2 Å². The van der Waals surface area contributed by atoms with Gasteiger partial charge in [-0.2, -0.15) is 0 Å². The highest BCUT2D eigenvalue weighted by atomic mass is 16.3. The van der Waals surface area contributed by atoms with Crippen LogP contribution in [0.1, 0.15) is 44.7 Å². The Bertz CT molecular complexity index is 1280. The summed E-state index contributed by atoms with van der Waals surface area (Å²) in [6, 6.07) is -6.47. The Kier molecular flexibility index (Phi) is 14.4. The van der Waals surface area contributed by atoms with Crippen molar-refractivity contribution < 1.29 is 38.7 Å². The molecule has 0 aromatic carbocycles. The number of aliphatic hydroxyl groups is 1. The van der Waals surface area contributed by atoms with E-state index >= 15 is 0 Å². The van der Waals surface area contributed by atoms with E-state index in [2.05, 4.69) is 36.2 Å². The maximum atomic E-state index is 13.4. The van der Waals surface area contributed by atoms with Gasteiger partial charge in [0.15, 0.2) is 5.96 Å². The molecule has 20 nitrogen and oxygen atoms in total. The highest BCUT2D eigenvalue weighted by molar-refractivity contribution is 5.97. The Morgan fingerprint density at radius 1 is 0.978 bits per heavy atom. The number of hydrogen-bond acceptors (Lipinski definition) is 10. The predicted molar refractivity (Wildman–Crippen MR) is 160 cm³/mol. The quantitative estimate of drug-likeness (QED) is 0.0405. The molecule has 7 amide bonds. The molecule has 1 fully saturated rings. The lowest BCUT2D eigenvalue weighted by Crippen LogP contribution is -2.60. The summed E-state index contributed by atoms with van der Waals surface area (Å²) in [5.74, 6) is -5.80. The maximum Gasteiger partial charge on any atom is 0.245 e. The number of carbonyl (C=O) groups excluding carboxylic acids is 7. The van der Waals surface area contributed by atoms with Crippen molar-refractivity contribution in [3.63, 3.8) is 0 Å². The van der Waals surface area contributed by atoms with E-state index in [9.17, 15) is 38.7 Å². The number of aromatic amines is 1. The summed E-state index contributed by atoms with van der Waals surface area (Å²) >= 11 is 0. The molecule has 0 spiro atoms. The van der Waals surface area contributed by atoms with Crippen LogP contribution in [0.15, 0.2) is 17.5 Å².